The number of hydrogen-bond acceptors (Lipinski definition) is 5. The van der Waals surface area contributed by atoms with Gasteiger partial charge in [0.05, 0.1) is 6.10 Å². The van der Waals surface area contributed by atoms with Gasteiger partial charge in [0.1, 0.15) is 17.5 Å². The lowest BCUT2D eigenvalue weighted by atomic mass is 10.1. The lowest BCUT2D eigenvalue weighted by Crippen LogP contribution is -2.39. The van der Waals surface area contributed by atoms with Crippen LogP contribution in [0, 0.1) is 0 Å². The van der Waals surface area contributed by atoms with E-state index >= 15 is 0 Å². The summed E-state index contributed by atoms with van der Waals surface area (Å²) >= 11 is 0. The fourth-order valence-electron chi connectivity index (χ4n) is 2.84. The van der Waals surface area contributed by atoms with Crippen molar-refractivity contribution in [3.8, 4) is 11.3 Å². The van der Waals surface area contributed by atoms with Crippen molar-refractivity contribution in [2.45, 2.75) is 18.9 Å². The number of hydrogen-bond donors (Lipinski definition) is 2. The van der Waals surface area contributed by atoms with Gasteiger partial charge in [-0.05, 0) is 25.9 Å². The molecule has 1 fully saturated rings. The normalized spacial score (nSPS) is 16.4. The fraction of sp³-hybridized carbons (Fsp3) is 0.412. The number of aliphatic hydroxyl groups excluding tert-OH is 1. The first-order valence-electron chi connectivity index (χ1n) is 7.92. The average molecular weight is 315 g/mol. The van der Waals surface area contributed by atoms with Gasteiger partial charge in [0.2, 0.25) is 0 Å². The van der Waals surface area contributed by atoms with E-state index in [1.807, 2.05) is 30.3 Å². The van der Waals surface area contributed by atoms with Crippen LogP contribution in [0.3, 0.4) is 0 Å². The molecule has 1 saturated heterocycles. The number of carbonyl (C=O) groups excluding carboxylic acids is 1. The smallest absolute Gasteiger partial charge is 0.256 e. The number of carbonyl (C=O) groups is 1. The molecule has 2 N–H and O–H groups in total. The van der Waals surface area contributed by atoms with Crippen LogP contribution in [-0.2, 0) is 0 Å². The van der Waals surface area contributed by atoms with Gasteiger partial charge in [-0.15, -0.1) is 0 Å². The molecule has 1 atom stereocenters. The van der Waals surface area contributed by atoms with Crippen molar-refractivity contribution < 1.29 is 14.4 Å². The highest BCUT2D eigenvalue weighted by Crippen LogP contribution is 2.21. The third-order valence-electron chi connectivity index (χ3n) is 4.03. The third-order valence-corrected chi connectivity index (χ3v) is 4.03. The molecule has 0 saturated carbocycles. The molecule has 0 aliphatic carbocycles. The van der Waals surface area contributed by atoms with Crippen molar-refractivity contribution in [2.24, 2.45) is 0 Å². The minimum absolute atomic E-state index is 0.217. The number of aliphatic hydroxyl groups is 1. The Labute approximate surface area is 135 Å². The maximum absolute atomic E-state index is 12.3. The van der Waals surface area contributed by atoms with E-state index in [1.165, 1.54) is 19.1 Å². The van der Waals surface area contributed by atoms with E-state index in [4.69, 9.17) is 4.52 Å². The van der Waals surface area contributed by atoms with Gasteiger partial charge in [-0.25, -0.2) is 0 Å². The zero-order chi connectivity index (χ0) is 16.1. The minimum atomic E-state index is -0.572. The van der Waals surface area contributed by atoms with Crippen LogP contribution in [-0.4, -0.2) is 53.4 Å². The summed E-state index contributed by atoms with van der Waals surface area (Å²) in [6, 6.07) is 9.41. The van der Waals surface area contributed by atoms with E-state index < -0.39 is 6.10 Å². The van der Waals surface area contributed by atoms with Gasteiger partial charge in [-0.2, -0.15) is 0 Å². The molecule has 1 aliphatic rings. The number of benzene rings is 1. The number of amides is 1. The largest absolute Gasteiger partial charge is 0.390 e. The summed E-state index contributed by atoms with van der Waals surface area (Å²) in [5.74, 6) is -0.287. The number of aromatic nitrogens is 1. The first-order valence-corrected chi connectivity index (χ1v) is 7.92. The average Bonchev–Trinajstić information content (AvgIpc) is 3.25. The Hall–Kier alpha value is -2.18. The predicted octanol–water partition coefficient (Wildman–Crippen LogP) is 1.53. The Bertz CT molecular complexity index is 636. The Kier molecular flexibility index (Phi) is 5.05. The van der Waals surface area contributed by atoms with Crippen LogP contribution in [0.25, 0.3) is 11.3 Å². The number of nitrogens with one attached hydrogen (secondary N) is 1. The Morgan fingerprint density at radius 3 is 2.78 bits per heavy atom. The molecule has 2 aromatic rings. The lowest BCUT2D eigenvalue weighted by Gasteiger charge is -2.19. The fourth-order valence-corrected chi connectivity index (χ4v) is 2.84. The quantitative estimate of drug-likeness (QED) is 0.845. The van der Waals surface area contributed by atoms with Crippen molar-refractivity contribution >= 4 is 5.91 Å². The van der Waals surface area contributed by atoms with Crippen LogP contribution < -0.4 is 5.32 Å². The molecule has 1 aliphatic heterocycles. The standard InChI is InChI=1S/C17H21N3O3/c21-14(11-20-8-4-5-9-20)10-18-17(22)15-12-23-19-16(15)13-6-2-1-3-7-13/h1-3,6-7,12,14,21H,4-5,8-11H2,(H,18,22)/t14-/m0/s1. The SMILES string of the molecule is O=C(NC[C@H](O)CN1CCCC1)c1conc1-c1ccccc1. The molecule has 2 heterocycles. The second-order valence-corrected chi connectivity index (χ2v) is 5.81. The van der Waals surface area contributed by atoms with Gasteiger partial charge >= 0.3 is 0 Å². The zero-order valence-corrected chi connectivity index (χ0v) is 12.9. The highest BCUT2D eigenvalue weighted by molar-refractivity contribution is 5.99. The highest BCUT2D eigenvalue weighted by Gasteiger charge is 2.19. The molecule has 122 valence electrons. The van der Waals surface area contributed by atoms with Gasteiger partial charge in [-0.1, -0.05) is 35.5 Å². The van der Waals surface area contributed by atoms with Crippen molar-refractivity contribution in [1.29, 1.82) is 0 Å². The second-order valence-electron chi connectivity index (χ2n) is 5.81. The van der Waals surface area contributed by atoms with Gasteiger partial charge < -0.3 is 19.8 Å². The Balaban J connectivity index is 1.57. The summed E-state index contributed by atoms with van der Waals surface area (Å²) in [4.78, 5) is 14.5. The van der Waals surface area contributed by atoms with Crippen LogP contribution in [0.15, 0.2) is 41.1 Å². The maximum Gasteiger partial charge on any atom is 0.256 e. The zero-order valence-electron chi connectivity index (χ0n) is 12.9. The van der Waals surface area contributed by atoms with Gasteiger partial charge in [0, 0.05) is 18.7 Å². The van der Waals surface area contributed by atoms with Crippen molar-refractivity contribution in [3.63, 3.8) is 0 Å². The summed E-state index contributed by atoms with van der Waals surface area (Å²) in [6.45, 7) is 2.85. The molecular formula is C17H21N3O3. The number of likely N-dealkylation sites (tertiary alicyclic amines) is 1. The molecule has 0 radical (unpaired) electrons. The van der Waals surface area contributed by atoms with E-state index in [1.54, 1.807) is 0 Å². The van der Waals surface area contributed by atoms with E-state index in [0.717, 1.165) is 18.7 Å². The maximum atomic E-state index is 12.3. The van der Waals surface area contributed by atoms with Crippen molar-refractivity contribution in [3.05, 3.63) is 42.2 Å². The van der Waals surface area contributed by atoms with E-state index in [-0.39, 0.29) is 12.5 Å². The first kappa shape index (κ1) is 15.7. The predicted molar refractivity (Wildman–Crippen MR) is 86.0 cm³/mol. The van der Waals surface area contributed by atoms with E-state index in [0.29, 0.717) is 17.8 Å². The van der Waals surface area contributed by atoms with Crippen LogP contribution in [0.5, 0.6) is 0 Å². The summed E-state index contributed by atoms with van der Waals surface area (Å²) in [6.07, 6.45) is 3.13. The topological polar surface area (TPSA) is 78.6 Å². The molecule has 0 spiro atoms. The molecule has 6 nitrogen and oxygen atoms in total. The minimum Gasteiger partial charge on any atom is -0.390 e. The van der Waals surface area contributed by atoms with Gasteiger partial charge in [0.15, 0.2) is 0 Å². The van der Waals surface area contributed by atoms with Gasteiger partial charge in [-0.3, -0.25) is 4.79 Å². The van der Waals surface area contributed by atoms with E-state index in [9.17, 15) is 9.90 Å². The molecule has 0 unspecified atom stereocenters. The molecule has 0 bridgehead atoms. The monoisotopic (exact) mass is 315 g/mol. The Morgan fingerprint density at radius 1 is 1.30 bits per heavy atom. The van der Waals surface area contributed by atoms with Crippen LogP contribution in [0.2, 0.25) is 0 Å². The molecule has 6 heteroatoms. The molecule has 23 heavy (non-hydrogen) atoms. The lowest BCUT2D eigenvalue weighted by molar-refractivity contribution is 0.0879. The summed E-state index contributed by atoms with van der Waals surface area (Å²) < 4.78 is 4.95. The number of nitrogens with zero attached hydrogens (tertiary/aromatic N) is 2. The third kappa shape index (κ3) is 3.97. The first-order chi connectivity index (χ1) is 11.2. The molecule has 1 amide bonds. The van der Waals surface area contributed by atoms with Gasteiger partial charge in [0.25, 0.3) is 5.91 Å². The van der Waals surface area contributed by atoms with Crippen LogP contribution in [0.4, 0.5) is 0 Å². The van der Waals surface area contributed by atoms with Crippen LogP contribution >= 0.6 is 0 Å². The summed E-state index contributed by atoms with van der Waals surface area (Å²) in [7, 11) is 0. The summed E-state index contributed by atoms with van der Waals surface area (Å²) in [5.41, 5.74) is 1.71. The molecule has 1 aromatic heterocycles. The van der Waals surface area contributed by atoms with Crippen molar-refractivity contribution in [2.75, 3.05) is 26.2 Å². The molecule has 1 aromatic carbocycles. The number of β-amino-alcohol motifs (C(OH)–C–C–N with tert-alkyl or cyclic N) is 1. The van der Waals surface area contributed by atoms with Crippen molar-refractivity contribution in [1.82, 2.24) is 15.4 Å². The summed E-state index contributed by atoms with van der Waals surface area (Å²) in [5, 5.41) is 16.7. The Morgan fingerprint density at radius 2 is 2.04 bits per heavy atom. The van der Waals surface area contributed by atoms with Crippen LogP contribution in [0.1, 0.15) is 23.2 Å². The van der Waals surface area contributed by atoms with E-state index in [2.05, 4.69) is 15.4 Å². The number of rotatable bonds is 6. The second kappa shape index (κ2) is 7.39. The molecular weight excluding hydrogens is 294 g/mol. The molecule has 3 rings (SSSR count). The highest BCUT2D eigenvalue weighted by atomic mass is 16.5.